The molecule has 1 aliphatic heterocycles. The molecule has 1 saturated heterocycles. The number of hydrogen-bond acceptors (Lipinski definition) is 4. The number of hydrogen-bond donors (Lipinski definition) is 1. The maximum atomic E-state index is 13.8. The predicted molar refractivity (Wildman–Crippen MR) is 118 cm³/mol. The molecule has 0 bridgehead atoms. The normalized spacial score (nSPS) is 19.0. The molecule has 1 aliphatic rings. The lowest BCUT2D eigenvalue weighted by atomic mass is 9.96. The van der Waals surface area contributed by atoms with Crippen molar-refractivity contribution in [2.75, 3.05) is 6.54 Å². The largest absolute Gasteiger partial charge is 0.340 e. The Bertz CT molecular complexity index is 1250. The molecule has 30 heavy (non-hydrogen) atoms. The van der Waals surface area contributed by atoms with Crippen molar-refractivity contribution in [2.24, 2.45) is 0 Å². The summed E-state index contributed by atoms with van der Waals surface area (Å²) in [5, 5.41) is 8.46. The Balaban J connectivity index is 1.58. The molecule has 8 heteroatoms. The van der Waals surface area contributed by atoms with Crippen LogP contribution in [0.3, 0.4) is 0 Å². The Hall–Kier alpha value is -3.00. The molecule has 2 aromatic heterocycles. The van der Waals surface area contributed by atoms with Gasteiger partial charge in [-0.15, -0.1) is 0 Å². The maximum absolute atomic E-state index is 13.8. The van der Waals surface area contributed by atoms with E-state index in [1.54, 1.807) is 12.4 Å². The van der Waals surface area contributed by atoms with Gasteiger partial charge in [0.2, 0.25) is 0 Å². The number of nitrogens with one attached hydrogen (secondary N) is 1. The highest BCUT2D eigenvalue weighted by atomic mass is 79.9. The fourth-order valence-corrected chi connectivity index (χ4v) is 4.61. The second-order valence-corrected chi connectivity index (χ2v) is 8.84. The summed E-state index contributed by atoms with van der Waals surface area (Å²) in [6.07, 6.45) is 4.99. The molecular formula is C22H21BrN6O. The van der Waals surface area contributed by atoms with Gasteiger partial charge in [-0.25, -0.2) is 4.98 Å². The minimum absolute atomic E-state index is 0.0346. The van der Waals surface area contributed by atoms with Gasteiger partial charge in [-0.05, 0) is 57.0 Å². The number of aryl methyl sites for hydroxylation is 1. The van der Waals surface area contributed by atoms with Gasteiger partial charge < -0.3 is 9.88 Å². The molecule has 7 nitrogen and oxygen atoms in total. The summed E-state index contributed by atoms with van der Waals surface area (Å²) in [6, 6.07) is 11.7. The molecule has 4 aromatic rings. The third kappa shape index (κ3) is 3.02. The van der Waals surface area contributed by atoms with Crippen LogP contribution in [-0.2, 0) is 5.54 Å². The number of halogens is 1. The molecule has 1 unspecified atom stereocenters. The first-order valence-electron chi connectivity index (χ1n) is 9.91. The topological polar surface area (TPSA) is 79.7 Å². The summed E-state index contributed by atoms with van der Waals surface area (Å²) in [4.78, 5) is 25.5. The minimum Gasteiger partial charge on any atom is -0.340 e. The Kier molecular flexibility index (Phi) is 4.47. The Labute approximate surface area is 182 Å². The summed E-state index contributed by atoms with van der Waals surface area (Å²) in [5.41, 5.74) is 3.63. The fourth-order valence-electron chi connectivity index (χ4n) is 4.25. The lowest BCUT2D eigenvalue weighted by molar-refractivity contribution is 0.0605. The average molecular weight is 465 g/mol. The van der Waals surface area contributed by atoms with Crippen LogP contribution in [0.1, 0.15) is 41.5 Å². The van der Waals surface area contributed by atoms with Crippen LogP contribution in [0.15, 0.2) is 53.3 Å². The molecule has 3 heterocycles. The zero-order chi connectivity index (χ0) is 20.9. The second kappa shape index (κ2) is 7.05. The molecule has 5 rings (SSSR count). The van der Waals surface area contributed by atoms with E-state index in [1.807, 2.05) is 48.2 Å². The molecule has 152 valence electrons. The first-order chi connectivity index (χ1) is 14.5. The highest BCUT2D eigenvalue weighted by Crippen LogP contribution is 2.39. The summed E-state index contributed by atoms with van der Waals surface area (Å²) < 4.78 is 0.992. The summed E-state index contributed by atoms with van der Waals surface area (Å²) in [7, 11) is 0. The van der Waals surface area contributed by atoms with Crippen LogP contribution in [0.4, 0.5) is 0 Å². The molecule has 0 aliphatic carbocycles. The van der Waals surface area contributed by atoms with E-state index in [0.717, 1.165) is 39.7 Å². The average Bonchev–Trinajstić information content (AvgIpc) is 3.47. The molecule has 0 saturated carbocycles. The number of carbonyl (C=O) groups excluding carboxylic acids is 1. The van der Waals surface area contributed by atoms with Gasteiger partial charge >= 0.3 is 0 Å². The van der Waals surface area contributed by atoms with Crippen LogP contribution < -0.4 is 0 Å². The van der Waals surface area contributed by atoms with Crippen molar-refractivity contribution in [1.82, 2.24) is 29.9 Å². The number of imidazole rings is 1. The van der Waals surface area contributed by atoms with Crippen molar-refractivity contribution in [1.29, 1.82) is 0 Å². The van der Waals surface area contributed by atoms with Crippen LogP contribution in [0.2, 0.25) is 0 Å². The van der Waals surface area contributed by atoms with E-state index in [9.17, 15) is 4.79 Å². The molecule has 1 amide bonds. The predicted octanol–water partition coefficient (Wildman–Crippen LogP) is 4.37. The van der Waals surface area contributed by atoms with Gasteiger partial charge in [0, 0.05) is 11.0 Å². The summed E-state index contributed by atoms with van der Waals surface area (Å²) in [5.74, 6) is 0.778. The number of carbonyl (C=O) groups is 1. The van der Waals surface area contributed by atoms with Crippen molar-refractivity contribution >= 4 is 32.9 Å². The Morgan fingerprint density at radius 2 is 1.97 bits per heavy atom. The van der Waals surface area contributed by atoms with Crippen LogP contribution in [0, 0.1) is 6.92 Å². The second-order valence-electron chi connectivity index (χ2n) is 7.92. The van der Waals surface area contributed by atoms with Gasteiger partial charge in [0.25, 0.3) is 5.91 Å². The smallest absolute Gasteiger partial charge is 0.256 e. The number of benzene rings is 2. The molecule has 0 spiro atoms. The van der Waals surface area contributed by atoms with Crippen LogP contribution in [0.5, 0.6) is 0 Å². The van der Waals surface area contributed by atoms with Gasteiger partial charge in [0.15, 0.2) is 0 Å². The lowest BCUT2D eigenvalue weighted by Crippen LogP contribution is -2.44. The van der Waals surface area contributed by atoms with E-state index in [4.69, 9.17) is 4.98 Å². The van der Waals surface area contributed by atoms with E-state index in [0.29, 0.717) is 17.8 Å². The van der Waals surface area contributed by atoms with Crippen LogP contribution in [0.25, 0.3) is 16.7 Å². The quantitative estimate of drug-likeness (QED) is 0.488. The third-order valence-corrected chi connectivity index (χ3v) is 6.35. The van der Waals surface area contributed by atoms with Gasteiger partial charge in [0.05, 0.1) is 40.2 Å². The lowest BCUT2D eigenvalue weighted by Gasteiger charge is -2.34. The SMILES string of the molecule is Cc1ccc(-n2nccn2)c(C(=O)N2CCCC2(C)c2nc3ccc(Br)cc3[nH]2)c1. The maximum Gasteiger partial charge on any atom is 0.256 e. The Morgan fingerprint density at radius 1 is 1.17 bits per heavy atom. The molecule has 0 radical (unpaired) electrons. The highest BCUT2D eigenvalue weighted by Gasteiger charge is 2.44. The van der Waals surface area contributed by atoms with Gasteiger partial charge in [-0.2, -0.15) is 15.0 Å². The van der Waals surface area contributed by atoms with Crippen molar-refractivity contribution < 1.29 is 4.79 Å². The van der Waals surface area contributed by atoms with Crippen molar-refractivity contribution in [2.45, 2.75) is 32.2 Å². The van der Waals surface area contributed by atoms with E-state index < -0.39 is 5.54 Å². The highest BCUT2D eigenvalue weighted by molar-refractivity contribution is 9.10. The molecule has 1 N–H and O–H groups in total. The van der Waals surface area contributed by atoms with E-state index in [2.05, 4.69) is 38.0 Å². The zero-order valence-corrected chi connectivity index (χ0v) is 18.3. The first kappa shape index (κ1) is 19.0. The van der Waals surface area contributed by atoms with Crippen molar-refractivity contribution in [3.8, 4) is 5.69 Å². The van der Waals surface area contributed by atoms with Crippen molar-refractivity contribution in [3.63, 3.8) is 0 Å². The molecule has 2 aromatic carbocycles. The number of aromatic nitrogens is 5. The van der Waals surface area contributed by atoms with Crippen LogP contribution >= 0.6 is 15.9 Å². The number of fused-ring (bicyclic) bond motifs is 1. The number of likely N-dealkylation sites (tertiary alicyclic amines) is 1. The standard InChI is InChI=1S/C22H21BrN6O/c1-14-4-7-19(29-24-9-10-25-29)16(12-14)20(30)28-11-3-8-22(28,2)21-26-17-6-5-15(23)13-18(17)27-21/h4-7,9-10,12-13H,3,8,11H2,1-2H3,(H,26,27). The number of nitrogens with zero attached hydrogens (tertiary/aromatic N) is 5. The Morgan fingerprint density at radius 3 is 2.77 bits per heavy atom. The summed E-state index contributed by atoms with van der Waals surface area (Å²) >= 11 is 3.51. The number of aromatic amines is 1. The van der Waals surface area contributed by atoms with E-state index in [1.165, 1.54) is 4.80 Å². The number of amides is 1. The van der Waals surface area contributed by atoms with Gasteiger partial charge in [-0.3, -0.25) is 4.79 Å². The number of H-pyrrole nitrogens is 1. The van der Waals surface area contributed by atoms with Gasteiger partial charge in [-0.1, -0.05) is 27.6 Å². The minimum atomic E-state index is -0.513. The van der Waals surface area contributed by atoms with Crippen molar-refractivity contribution in [3.05, 3.63) is 70.2 Å². The third-order valence-electron chi connectivity index (χ3n) is 5.86. The van der Waals surface area contributed by atoms with E-state index in [-0.39, 0.29) is 5.91 Å². The molecule has 1 atom stereocenters. The van der Waals surface area contributed by atoms with E-state index >= 15 is 0 Å². The zero-order valence-electron chi connectivity index (χ0n) is 16.8. The molecular weight excluding hydrogens is 444 g/mol. The first-order valence-corrected chi connectivity index (χ1v) is 10.7. The molecule has 1 fully saturated rings. The van der Waals surface area contributed by atoms with Gasteiger partial charge in [0.1, 0.15) is 5.82 Å². The number of rotatable bonds is 3. The summed E-state index contributed by atoms with van der Waals surface area (Å²) in [6.45, 7) is 4.75. The fraction of sp³-hybridized carbons (Fsp3) is 0.273. The van der Waals surface area contributed by atoms with Crippen LogP contribution in [-0.4, -0.2) is 42.3 Å². The monoisotopic (exact) mass is 464 g/mol.